The maximum Gasteiger partial charge on any atom is 0.348 e. The molecular formula is C9H12BrN2O2+. The molecule has 0 aliphatic heterocycles. The highest BCUT2D eigenvalue weighted by atomic mass is 79.9. The molecule has 4 nitrogen and oxygen atoms in total. The lowest BCUT2D eigenvalue weighted by Gasteiger charge is -2.03. The number of nitrogen functional groups attached to an aromatic ring is 1. The highest BCUT2D eigenvalue weighted by molar-refractivity contribution is 9.10. The second-order valence-corrected chi connectivity index (χ2v) is 3.53. The molecule has 0 aromatic carbocycles. The summed E-state index contributed by atoms with van der Waals surface area (Å²) in [4.78, 5) is 11.2. The van der Waals surface area contributed by atoms with E-state index in [9.17, 15) is 4.79 Å². The van der Waals surface area contributed by atoms with Gasteiger partial charge in [0.2, 0.25) is 0 Å². The molecule has 0 radical (unpaired) electrons. The van der Waals surface area contributed by atoms with Gasteiger partial charge in [0.25, 0.3) is 5.82 Å². The van der Waals surface area contributed by atoms with Gasteiger partial charge in [0.1, 0.15) is 4.47 Å². The Labute approximate surface area is 90.8 Å². The van der Waals surface area contributed by atoms with Gasteiger partial charge >= 0.3 is 5.97 Å². The van der Waals surface area contributed by atoms with Crippen LogP contribution in [-0.2, 0) is 16.1 Å². The van der Waals surface area contributed by atoms with Crippen LogP contribution in [0.4, 0.5) is 5.82 Å². The summed E-state index contributed by atoms with van der Waals surface area (Å²) < 4.78 is 7.20. The zero-order valence-electron chi connectivity index (χ0n) is 7.87. The molecule has 0 spiro atoms. The number of aromatic nitrogens is 1. The van der Waals surface area contributed by atoms with Crippen molar-refractivity contribution in [1.82, 2.24) is 0 Å². The molecule has 0 amide bonds. The number of carbonyl (C=O) groups excluding carboxylic acids is 1. The van der Waals surface area contributed by atoms with Crippen molar-refractivity contribution in [3.63, 3.8) is 0 Å². The number of hydrogen-bond donors (Lipinski definition) is 1. The minimum atomic E-state index is -0.290. The molecule has 0 saturated carbocycles. The van der Waals surface area contributed by atoms with E-state index in [1.165, 1.54) is 0 Å². The fraction of sp³-hybridized carbons (Fsp3) is 0.333. The quantitative estimate of drug-likeness (QED) is 0.648. The van der Waals surface area contributed by atoms with E-state index in [1.807, 2.05) is 6.07 Å². The Balaban J connectivity index is 2.76. The lowest BCUT2D eigenvalue weighted by Crippen LogP contribution is -2.41. The van der Waals surface area contributed by atoms with Crippen molar-refractivity contribution < 1.29 is 14.1 Å². The molecule has 14 heavy (non-hydrogen) atoms. The second-order valence-electron chi connectivity index (χ2n) is 2.67. The van der Waals surface area contributed by atoms with Crippen LogP contribution in [-0.4, -0.2) is 12.6 Å². The van der Waals surface area contributed by atoms with E-state index < -0.39 is 0 Å². The van der Waals surface area contributed by atoms with Crippen molar-refractivity contribution in [3.8, 4) is 0 Å². The van der Waals surface area contributed by atoms with Crippen LogP contribution in [0.25, 0.3) is 0 Å². The lowest BCUT2D eigenvalue weighted by atomic mass is 10.4. The zero-order chi connectivity index (χ0) is 10.6. The Morgan fingerprint density at radius 2 is 2.43 bits per heavy atom. The Kier molecular flexibility index (Phi) is 3.88. The van der Waals surface area contributed by atoms with E-state index in [2.05, 4.69) is 15.9 Å². The number of halogens is 1. The predicted molar refractivity (Wildman–Crippen MR) is 55.4 cm³/mol. The van der Waals surface area contributed by atoms with Crippen LogP contribution < -0.4 is 10.3 Å². The topological polar surface area (TPSA) is 56.2 Å². The fourth-order valence-corrected chi connectivity index (χ4v) is 1.40. The van der Waals surface area contributed by atoms with E-state index >= 15 is 0 Å². The zero-order valence-corrected chi connectivity index (χ0v) is 9.45. The van der Waals surface area contributed by atoms with Gasteiger partial charge in [-0.05, 0) is 35.0 Å². The van der Waals surface area contributed by atoms with Crippen molar-refractivity contribution in [1.29, 1.82) is 0 Å². The molecular weight excluding hydrogens is 248 g/mol. The van der Waals surface area contributed by atoms with Crippen LogP contribution in [0.3, 0.4) is 0 Å². The van der Waals surface area contributed by atoms with Gasteiger partial charge in [0.05, 0.1) is 12.8 Å². The number of ether oxygens (including phenoxy) is 1. The van der Waals surface area contributed by atoms with Gasteiger partial charge in [-0.3, -0.25) is 5.73 Å². The average molecular weight is 260 g/mol. The molecule has 1 heterocycles. The first-order valence-corrected chi connectivity index (χ1v) is 5.03. The van der Waals surface area contributed by atoms with Crippen molar-refractivity contribution in [2.24, 2.45) is 0 Å². The molecule has 0 aliphatic carbocycles. The number of rotatable bonds is 3. The molecule has 0 bridgehead atoms. The number of esters is 1. The monoisotopic (exact) mass is 259 g/mol. The van der Waals surface area contributed by atoms with Crippen molar-refractivity contribution in [2.45, 2.75) is 13.5 Å². The van der Waals surface area contributed by atoms with Crippen LogP contribution in [0.15, 0.2) is 22.8 Å². The third-order valence-electron chi connectivity index (χ3n) is 1.67. The lowest BCUT2D eigenvalue weighted by molar-refractivity contribution is -0.672. The number of nitrogens with two attached hydrogens (primary N) is 1. The third kappa shape index (κ3) is 2.70. The number of anilines is 1. The van der Waals surface area contributed by atoms with Gasteiger partial charge < -0.3 is 4.74 Å². The summed E-state index contributed by atoms with van der Waals surface area (Å²) in [5.41, 5.74) is 5.74. The Hall–Kier alpha value is -1.10. The molecule has 76 valence electrons. The van der Waals surface area contributed by atoms with Crippen LogP contribution in [0.5, 0.6) is 0 Å². The Morgan fingerprint density at radius 3 is 3.07 bits per heavy atom. The normalized spacial score (nSPS) is 9.86. The summed E-state index contributed by atoms with van der Waals surface area (Å²) in [5.74, 6) is 0.225. The van der Waals surface area contributed by atoms with Crippen LogP contribution in [0.1, 0.15) is 6.92 Å². The first-order chi connectivity index (χ1) is 6.65. The van der Waals surface area contributed by atoms with Gasteiger partial charge in [0.15, 0.2) is 6.54 Å². The molecule has 0 fully saturated rings. The fourth-order valence-electron chi connectivity index (χ4n) is 1.02. The van der Waals surface area contributed by atoms with E-state index in [4.69, 9.17) is 10.5 Å². The van der Waals surface area contributed by atoms with E-state index in [1.54, 1.807) is 23.8 Å². The van der Waals surface area contributed by atoms with E-state index in [-0.39, 0.29) is 12.5 Å². The molecule has 1 aromatic heterocycles. The third-order valence-corrected chi connectivity index (χ3v) is 2.34. The SMILES string of the molecule is CCOC(=O)C[n+]1cccc(Br)c1N. The average Bonchev–Trinajstić information content (AvgIpc) is 2.13. The Bertz CT molecular complexity index is 342. The highest BCUT2D eigenvalue weighted by Gasteiger charge is 2.12. The van der Waals surface area contributed by atoms with Crippen LogP contribution in [0.2, 0.25) is 0 Å². The first kappa shape index (κ1) is 11.0. The van der Waals surface area contributed by atoms with Gasteiger partial charge in [-0.2, -0.15) is 0 Å². The van der Waals surface area contributed by atoms with Gasteiger partial charge in [-0.1, -0.05) is 0 Å². The molecule has 0 aliphatic rings. The van der Waals surface area contributed by atoms with Gasteiger partial charge in [0, 0.05) is 0 Å². The minimum Gasteiger partial charge on any atom is -0.463 e. The minimum absolute atomic E-state index is 0.138. The summed E-state index contributed by atoms with van der Waals surface area (Å²) >= 11 is 3.28. The van der Waals surface area contributed by atoms with E-state index in [0.717, 1.165) is 4.47 Å². The predicted octanol–water partition coefficient (Wildman–Crippen LogP) is 0.882. The van der Waals surface area contributed by atoms with Crippen LogP contribution >= 0.6 is 15.9 Å². The molecule has 2 N–H and O–H groups in total. The molecule has 0 unspecified atom stereocenters. The standard InChI is InChI=1S/C9H11BrN2O2/c1-2-14-8(13)6-12-5-3-4-7(10)9(12)11/h3-5,11H,2,6H2,1H3/p+1. The van der Waals surface area contributed by atoms with E-state index in [0.29, 0.717) is 12.4 Å². The molecule has 0 saturated heterocycles. The number of hydrogen-bond acceptors (Lipinski definition) is 3. The summed E-state index contributed by atoms with van der Waals surface area (Å²) in [7, 11) is 0. The molecule has 5 heteroatoms. The summed E-state index contributed by atoms with van der Waals surface area (Å²) in [5, 5.41) is 0. The van der Waals surface area contributed by atoms with Crippen molar-refractivity contribution in [2.75, 3.05) is 12.3 Å². The summed E-state index contributed by atoms with van der Waals surface area (Å²) in [6.45, 7) is 2.29. The van der Waals surface area contributed by atoms with Gasteiger partial charge in [-0.15, -0.1) is 0 Å². The summed E-state index contributed by atoms with van der Waals surface area (Å²) in [6, 6.07) is 3.62. The second kappa shape index (κ2) is 4.95. The molecule has 1 rings (SSSR count). The first-order valence-electron chi connectivity index (χ1n) is 4.24. The maximum atomic E-state index is 11.2. The number of nitrogens with zero attached hydrogens (tertiary/aromatic N) is 1. The smallest absolute Gasteiger partial charge is 0.348 e. The molecule has 0 atom stereocenters. The van der Waals surface area contributed by atoms with Gasteiger partial charge in [-0.25, -0.2) is 9.36 Å². The maximum absolute atomic E-state index is 11.2. The Morgan fingerprint density at radius 1 is 1.71 bits per heavy atom. The molecule has 1 aromatic rings. The van der Waals surface area contributed by atoms with Crippen molar-refractivity contribution >= 4 is 27.7 Å². The van der Waals surface area contributed by atoms with Crippen molar-refractivity contribution in [3.05, 3.63) is 22.8 Å². The highest BCUT2D eigenvalue weighted by Crippen LogP contribution is 2.12. The number of carbonyl (C=O) groups is 1. The summed E-state index contributed by atoms with van der Waals surface area (Å²) in [6.07, 6.45) is 1.73. The van der Waals surface area contributed by atoms with Crippen LogP contribution in [0, 0.1) is 0 Å². The largest absolute Gasteiger partial charge is 0.463 e. The number of pyridine rings is 1.